The molecule has 4 unspecified atom stereocenters. The monoisotopic (exact) mass is 465 g/mol. The number of aliphatic carboxylic acids is 1. The van der Waals surface area contributed by atoms with Crippen LogP contribution in [0.15, 0.2) is 30.3 Å². The number of carboxylic acids is 1. The van der Waals surface area contributed by atoms with Crippen molar-refractivity contribution in [1.29, 1.82) is 0 Å². The molecule has 0 aliphatic heterocycles. The van der Waals surface area contributed by atoms with Gasteiger partial charge in [-0.15, -0.1) is 0 Å². The molecule has 0 saturated carbocycles. The number of nitrogens with one attached hydrogen (secondary N) is 3. The number of carboxylic acid groups (broad SMARTS) is 1. The third-order valence-corrected chi connectivity index (χ3v) is 4.77. The minimum Gasteiger partial charge on any atom is -0.480 e. The van der Waals surface area contributed by atoms with E-state index in [-0.39, 0.29) is 12.3 Å². The summed E-state index contributed by atoms with van der Waals surface area (Å²) in [7, 11) is 0. The molecule has 1 aromatic rings. The first kappa shape index (κ1) is 27.5. The van der Waals surface area contributed by atoms with Crippen LogP contribution in [0.4, 0.5) is 0 Å². The average molecular weight is 466 g/mol. The second-order valence-corrected chi connectivity index (χ2v) is 7.83. The van der Waals surface area contributed by atoms with E-state index in [0.29, 0.717) is 5.56 Å². The molecule has 0 aliphatic rings. The lowest BCUT2D eigenvalue weighted by molar-refractivity contribution is -0.143. The lowest BCUT2D eigenvalue weighted by atomic mass is 10.0. The van der Waals surface area contributed by atoms with Gasteiger partial charge in [-0.1, -0.05) is 44.2 Å². The predicted octanol–water partition coefficient (Wildman–Crippen LogP) is -2.38. The molecule has 12 heteroatoms. The van der Waals surface area contributed by atoms with Crippen LogP contribution in [-0.4, -0.2) is 70.6 Å². The van der Waals surface area contributed by atoms with Gasteiger partial charge in [0.2, 0.25) is 23.6 Å². The maximum Gasteiger partial charge on any atom is 0.326 e. The maximum atomic E-state index is 12.8. The van der Waals surface area contributed by atoms with Crippen LogP contribution in [0.25, 0.3) is 0 Å². The Morgan fingerprint density at radius 1 is 0.879 bits per heavy atom. The van der Waals surface area contributed by atoms with Crippen molar-refractivity contribution in [3.05, 3.63) is 35.9 Å². The number of amides is 4. The van der Waals surface area contributed by atoms with Gasteiger partial charge in [-0.3, -0.25) is 19.2 Å². The van der Waals surface area contributed by atoms with Gasteiger partial charge in [0.15, 0.2) is 0 Å². The molecule has 33 heavy (non-hydrogen) atoms. The van der Waals surface area contributed by atoms with Crippen molar-refractivity contribution in [3.8, 4) is 0 Å². The van der Waals surface area contributed by atoms with Crippen molar-refractivity contribution in [1.82, 2.24) is 16.0 Å². The number of hydrogen-bond acceptors (Lipinski definition) is 7. The Hall–Kier alpha value is -3.51. The summed E-state index contributed by atoms with van der Waals surface area (Å²) in [4.78, 5) is 60.2. The molecular formula is C21H31N5O7. The van der Waals surface area contributed by atoms with Crippen LogP contribution >= 0.6 is 0 Å². The van der Waals surface area contributed by atoms with Gasteiger partial charge in [0.25, 0.3) is 0 Å². The van der Waals surface area contributed by atoms with Crippen molar-refractivity contribution < 1.29 is 34.2 Å². The van der Waals surface area contributed by atoms with Crippen LogP contribution in [0.5, 0.6) is 0 Å². The molecule has 1 aromatic carbocycles. The predicted molar refractivity (Wildman–Crippen MR) is 117 cm³/mol. The Kier molecular flexibility index (Phi) is 11.0. The molecule has 0 radical (unpaired) electrons. The summed E-state index contributed by atoms with van der Waals surface area (Å²) in [5, 5.41) is 25.7. The Morgan fingerprint density at radius 2 is 1.39 bits per heavy atom. The molecule has 0 saturated heterocycles. The molecule has 0 heterocycles. The molecule has 0 fully saturated rings. The number of carbonyl (C=O) groups is 5. The highest BCUT2D eigenvalue weighted by Crippen LogP contribution is 2.06. The molecular weight excluding hydrogens is 434 g/mol. The van der Waals surface area contributed by atoms with Crippen molar-refractivity contribution in [3.63, 3.8) is 0 Å². The number of benzene rings is 1. The van der Waals surface area contributed by atoms with E-state index in [4.69, 9.17) is 11.5 Å². The third kappa shape index (κ3) is 9.25. The van der Waals surface area contributed by atoms with Crippen molar-refractivity contribution in [2.75, 3.05) is 6.61 Å². The second-order valence-electron chi connectivity index (χ2n) is 7.83. The topological polar surface area (TPSA) is 214 Å². The van der Waals surface area contributed by atoms with Gasteiger partial charge in [0.05, 0.1) is 19.1 Å². The lowest BCUT2D eigenvalue weighted by Gasteiger charge is -2.25. The number of primary amides is 1. The van der Waals surface area contributed by atoms with E-state index in [1.54, 1.807) is 44.2 Å². The van der Waals surface area contributed by atoms with Crippen molar-refractivity contribution in [2.24, 2.45) is 17.4 Å². The highest BCUT2D eigenvalue weighted by molar-refractivity contribution is 5.95. The van der Waals surface area contributed by atoms with E-state index < -0.39 is 66.8 Å². The third-order valence-electron chi connectivity index (χ3n) is 4.77. The molecule has 0 spiro atoms. The number of nitrogens with two attached hydrogens (primary N) is 2. The zero-order valence-corrected chi connectivity index (χ0v) is 18.5. The summed E-state index contributed by atoms with van der Waals surface area (Å²) in [5.41, 5.74) is 11.4. The van der Waals surface area contributed by atoms with Crippen LogP contribution < -0.4 is 27.4 Å². The van der Waals surface area contributed by atoms with Gasteiger partial charge in [-0.05, 0) is 11.5 Å². The molecule has 4 atom stereocenters. The van der Waals surface area contributed by atoms with Crippen molar-refractivity contribution in [2.45, 2.75) is 50.9 Å². The van der Waals surface area contributed by atoms with E-state index >= 15 is 0 Å². The lowest BCUT2D eigenvalue weighted by Crippen LogP contribution is -2.59. The molecule has 12 nitrogen and oxygen atoms in total. The largest absolute Gasteiger partial charge is 0.480 e. The van der Waals surface area contributed by atoms with Crippen LogP contribution in [0.2, 0.25) is 0 Å². The van der Waals surface area contributed by atoms with Crippen LogP contribution in [0.3, 0.4) is 0 Å². The fourth-order valence-corrected chi connectivity index (χ4v) is 2.77. The van der Waals surface area contributed by atoms with E-state index in [1.165, 1.54) is 0 Å². The average Bonchev–Trinajstić information content (AvgIpc) is 2.75. The number of rotatable bonds is 13. The molecule has 4 amide bonds. The van der Waals surface area contributed by atoms with Crippen molar-refractivity contribution >= 4 is 29.6 Å². The summed E-state index contributed by atoms with van der Waals surface area (Å²) in [6.45, 7) is 2.66. The van der Waals surface area contributed by atoms with E-state index in [9.17, 15) is 34.2 Å². The van der Waals surface area contributed by atoms with Gasteiger partial charge >= 0.3 is 5.97 Å². The van der Waals surface area contributed by atoms with Crippen LogP contribution in [0, 0.1) is 5.92 Å². The second kappa shape index (κ2) is 13.1. The number of hydrogen-bond donors (Lipinski definition) is 7. The zero-order valence-electron chi connectivity index (χ0n) is 18.5. The van der Waals surface area contributed by atoms with E-state index in [0.717, 1.165) is 0 Å². The van der Waals surface area contributed by atoms with Gasteiger partial charge in [0.1, 0.15) is 18.1 Å². The molecule has 0 aromatic heterocycles. The number of carbonyl (C=O) groups excluding carboxylic acids is 4. The minimum absolute atomic E-state index is 0.0288. The quantitative estimate of drug-likeness (QED) is 0.167. The standard InChI is InChI=1S/C21H31N5O7/c1-11(2)17(23)20(31)26-15(10-27)19(30)24-13(8-12-6-4-3-5-7-12)18(29)25-14(21(32)33)9-16(22)28/h3-7,11,13-15,17,27H,8-10,23H2,1-2H3,(H2,22,28)(H,24,30)(H,25,29)(H,26,31)(H,32,33). The smallest absolute Gasteiger partial charge is 0.326 e. The molecule has 182 valence electrons. The summed E-state index contributed by atoms with van der Waals surface area (Å²) >= 11 is 0. The molecule has 9 N–H and O–H groups in total. The van der Waals surface area contributed by atoms with Crippen LogP contribution in [0.1, 0.15) is 25.8 Å². The Morgan fingerprint density at radius 3 is 1.88 bits per heavy atom. The van der Waals surface area contributed by atoms with Gasteiger partial charge < -0.3 is 37.6 Å². The highest BCUT2D eigenvalue weighted by atomic mass is 16.4. The van der Waals surface area contributed by atoms with E-state index in [1.807, 2.05) is 0 Å². The van der Waals surface area contributed by atoms with E-state index in [2.05, 4.69) is 16.0 Å². The first-order valence-electron chi connectivity index (χ1n) is 10.3. The summed E-state index contributed by atoms with van der Waals surface area (Å²) in [5.74, 6) is -5.05. The van der Waals surface area contributed by atoms with Gasteiger partial charge in [0, 0.05) is 6.42 Å². The summed E-state index contributed by atoms with van der Waals surface area (Å²) in [6, 6.07) is 3.37. The van der Waals surface area contributed by atoms with Gasteiger partial charge in [-0.25, -0.2) is 4.79 Å². The number of aliphatic hydroxyl groups is 1. The molecule has 0 aliphatic carbocycles. The summed E-state index contributed by atoms with van der Waals surface area (Å²) in [6.07, 6.45) is -0.672. The SMILES string of the molecule is CC(C)C(N)C(=O)NC(CO)C(=O)NC(Cc1ccccc1)C(=O)NC(CC(N)=O)C(=O)O. The Bertz CT molecular complexity index is 847. The molecule has 0 bridgehead atoms. The number of aliphatic hydroxyl groups excluding tert-OH is 1. The first-order chi connectivity index (χ1) is 15.5. The fourth-order valence-electron chi connectivity index (χ4n) is 2.77. The Balaban J connectivity index is 3.04. The Labute approximate surface area is 191 Å². The zero-order chi connectivity index (χ0) is 25.1. The normalized spacial score (nSPS) is 14.5. The van der Waals surface area contributed by atoms with Crippen LogP contribution in [-0.2, 0) is 30.4 Å². The first-order valence-corrected chi connectivity index (χ1v) is 10.3. The highest BCUT2D eigenvalue weighted by Gasteiger charge is 2.31. The van der Waals surface area contributed by atoms with Gasteiger partial charge in [-0.2, -0.15) is 0 Å². The molecule has 1 rings (SSSR count). The maximum absolute atomic E-state index is 12.8. The summed E-state index contributed by atoms with van der Waals surface area (Å²) < 4.78 is 0. The minimum atomic E-state index is -1.59. The fraction of sp³-hybridized carbons (Fsp3) is 0.476.